The number of aromatic nitrogens is 1. The van der Waals surface area contributed by atoms with Crippen LogP contribution in [0.4, 0.5) is 11.4 Å². The van der Waals surface area contributed by atoms with Crippen LogP contribution in [0.5, 0.6) is 5.88 Å². The Hall–Kier alpha value is -3.38. The van der Waals surface area contributed by atoms with Gasteiger partial charge in [0, 0.05) is 12.3 Å². The van der Waals surface area contributed by atoms with Crippen LogP contribution in [0.15, 0.2) is 88.9 Å². The third-order valence-corrected chi connectivity index (χ3v) is 5.04. The molecule has 138 valence electrons. The van der Waals surface area contributed by atoms with E-state index in [-0.39, 0.29) is 5.91 Å². The van der Waals surface area contributed by atoms with Gasteiger partial charge in [-0.15, -0.1) is 0 Å². The maximum Gasteiger partial charge on any atom is 0.271 e. The topological polar surface area (TPSA) is 54.8 Å². The number of aliphatic imine (C=N–C) groups is 1. The van der Waals surface area contributed by atoms with E-state index >= 15 is 0 Å². The third kappa shape index (κ3) is 3.82. The molecule has 1 saturated heterocycles. The van der Waals surface area contributed by atoms with E-state index in [9.17, 15) is 4.79 Å². The molecule has 28 heavy (non-hydrogen) atoms. The molecule has 0 aliphatic carbocycles. The summed E-state index contributed by atoms with van der Waals surface area (Å²) in [5.74, 6) is 0.423. The second kappa shape index (κ2) is 8.10. The molecule has 0 unspecified atom stereocenters. The summed E-state index contributed by atoms with van der Waals surface area (Å²) in [6.07, 6.45) is 3.50. The molecule has 1 aliphatic heterocycles. The number of pyridine rings is 1. The highest BCUT2D eigenvalue weighted by Gasteiger charge is 2.34. The van der Waals surface area contributed by atoms with Crippen molar-refractivity contribution in [3.63, 3.8) is 0 Å². The van der Waals surface area contributed by atoms with Crippen molar-refractivity contribution in [1.82, 2.24) is 4.98 Å². The van der Waals surface area contributed by atoms with E-state index < -0.39 is 0 Å². The number of para-hydroxylation sites is 2. The van der Waals surface area contributed by atoms with E-state index in [1.165, 1.54) is 11.8 Å². The van der Waals surface area contributed by atoms with Crippen molar-refractivity contribution in [2.45, 2.75) is 0 Å². The number of rotatable bonds is 4. The van der Waals surface area contributed by atoms with Gasteiger partial charge in [-0.25, -0.2) is 9.98 Å². The van der Waals surface area contributed by atoms with Crippen molar-refractivity contribution in [2.75, 3.05) is 12.0 Å². The summed E-state index contributed by atoms with van der Waals surface area (Å²) in [5.41, 5.74) is 2.41. The van der Waals surface area contributed by atoms with E-state index in [0.29, 0.717) is 16.0 Å². The number of ether oxygens (including phenoxy) is 1. The molecule has 1 aliphatic rings. The molecule has 0 radical (unpaired) electrons. The molecule has 0 saturated carbocycles. The summed E-state index contributed by atoms with van der Waals surface area (Å²) >= 11 is 1.35. The van der Waals surface area contributed by atoms with Crippen LogP contribution >= 0.6 is 11.8 Å². The molecule has 1 aromatic heterocycles. The van der Waals surface area contributed by atoms with Crippen molar-refractivity contribution >= 4 is 40.3 Å². The lowest BCUT2D eigenvalue weighted by molar-refractivity contribution is -0.113. The Morgan fingerprint density at radius 3 is 2.36 bits per heavy atom. The Morgan fingerprint density at radius 1 is 1.00 bits per heavy atom. The smallest absolute Gasteiger partial charge is 0.271 e. The fourth-order valence-corrected chi connectivity index (χ4v) is 3.72. The SMILES string of the molecule is COc1ccc(/C=C2\S/C(=N\c3ccccc3)N(c3ccccc3)C2=O)cn1. The highest BCUT2D eigenvalue weighted by molar-refractivity contribution is 8.19. The standard InChI is InChI=1S/C22H17N3O2S/c1-27-20-13-12-16(15-23-20)14-19-21(26)25(18-10-6-3-7-11-18)22(28-19)24-17-8-4-2-5-9-17/h2-15H,1H3/b19-14-,24-22-. The molecule has 0 N–H and O–H groups in total. The maximum absolute atomic E-state index is 13.1. The molecule has 1 amide bonds. The zero-order valence-electron chi connectivity index (χ0n) is 15.1. The molecule has 0 spiro atoms. The van der Waals surface area contributed by atoms with Crippen molar-refractivity contribution in [2.24, 2.45) is 4.99 Å². The van der Waals surface area contributed by atoms with Gasteiger partial charge in [0.15, 0.2) is 5.17 Å². The Kier molecular flexibility index (Phi) is 5.21. The third-order valence-electron chi connectivity index (χ3n) is 4.07. The first-order chi connectivity index (χ1) is 13.7. The van der Waals surface area contributed by atoms with Crippen LogP contribution in [0, 0.1) is 0 Å². The fourth-order valence-electron chi connectivity index (χ4n) is 2.72. The Morgan fingerprint density at radius 2 is 1.71 bits per heavy atom. The van der Waals surface area contributed by atoms with Gasteiger partial charge in [-0.1, -0.05) is 36.4 Å². The van der Waals surface area contributed by atoms with Crippen molar-refractivity contribution in [1.29, 1.82) is 0 Å². The van der Waals surface area contributed by atoms with Crippen LogP contribution in [-0.4, -0.2) is 23.2 Å². The molecular formula is C22H17N3O2S. The number of benzene rings is 2. The predicted octanol–water partition coefficient (Wildman–Crippen LogP) is 4.90. The molecule has 3 aromatic rings. The number of thioether (sulfide) groups is 1. The van der Waals surface area contributed by atoms with Gasteiger partial charge >= 0.3 is 0 Å². The number of amides is 1. The number of methoxy groups -OCH3 is 1. The highest BCUT2D eigenvalue weighted by atomic mass is 32.2. The second-order valence-electron chi connectivity index (χ2n) is 5.95. The van der Waals surface area contributed by atoms with Crippen LogP contribution in [0.25, 0.3) is 6.08 Å². The average molecular weight is 387 g/mol. The van der Waals surface area contributed by atoms with E-state index in [1.807, 2.05) is 72.8 Å². The van der Waals surface area contributed by atoms with Gasteiger partial charge in [-0.05, 0) is 53.7 Å². The quantitative estimate of drug-likeness (QED) is 0.598. The van der Waals surface area contributed by atoms with Gasteiger partial charge in [0.05, 0.1) is 23.4 Å². The first-order valence-electron chi connectivity index (χ1n) is 8.67. The molecule has 5 nitrogen and oxygen atoms in total. The summed E-state index contributed by atoms with van der Waals surface area (Å²) in [4.78, 5) is 24.3. The molecule has 6 heteroatoms. The lowest BCUT2D eigenvalue weighted by Gasteiger charge is -2.15. The van der Waals surface area contributed by atoms with Crippen LogP contribution in [0.2, 0.25) is 0 Å². The lowest BCUT2D eigenvalue weighted by Crippen LogP contribution is -2.28. The summed E-state index contributed by atoms with van der Waals surface area (Å²) < 4.78 is 5.09. The first-order valence-corrected chi connectivity index (χ1v) is 9.49. The predicted molar refractivity (Wildman–Crippen MR) is 114 cm³/mol. The molecule has 0 atom stereocenters. The summed E-state index contributed by atoms with van der Waals surface area (Å²) in [6, 6.07) is 22.8. The van der Waals surface area contributed by atoms with E-state index in [4.69, 9.17) is 9.73 Å². The molecule has 0 bridgehead atoms. The average Bonchev–Trinajstić information content (AvgIpc) is 3.04. The van der Waals surface area contributed by atoms with Crippen LogP contribution in [0.1, 0.15) is 5.56 Å². The minimum atomic E-state index is -0.110. The zero-order chi connectivity index (χ0) is 19.3. The van der Waals surface area contributed by atoms with Crippen molar-refractivity contribution in [3.05, 3.63) is 89.5 Å². The number of anilines is 1. The van der Waals surface area contributed by atoms with Crippen LogP contribution in [-0.2, 0) is 4.79 Å². The molecule has 2 aromatic carbocycles. The van der Waals surface area contributed by atoms with Gasteiger partial charge in [0.2, 0.25) is 5.88 Å². The fraction of sp³-hybridized carbons (Fsp3) is 0.0455. The van der Waals surface area contributed by atoms with Crippen molar-refractivity contribution < 1.29 is 9.53 Å². The maximum atomic E-state index is 13.1. The summed E-state index contributed by atoms with van der Waals surface area (Å²) in [6.45, 7) is 0. The van der Waals surface area contributed by atoms with E-state index in [2.05, 4.69) is 4.98 Å². The van der Waals surface area contributed by atoms with E-state index in [0.717, 1.165) is 16.9 Å². The number of carbonyl (C=O) groups is 1. The van der Waals surface area contributed by atoms with Gasteiger partial charge in [-0.3, -0.25) is 9.69 Å². The number of carbonyl (C=O) groups excluding carboxylic acids is 1. The van der Waals surface area contributed by atoms with Gasteiger partial charge in [0.25, 0.3) is 5.91 Å². The van der Waals surface area contributed by atoms with Crippen LogP contribution in [0.3, 0.4) is 0 Å². The molecule has 1 fully saturated rings. The Balaban J connectivity index is 1.73. The summed E-state index contributed by atoms with van der Waals surface area (Å²) in [5, 5.41) is 0.620. The largest absolute Gasteiger partial charge is 0.481 e. The minimum absolute atomic E-state index is 0.110. The molecule has 2 heterocycles. The van der Waals surface area contributed by atoms with Crippen molar-refractivity contribution in [3.8, 4) is 5.88 Å². The summed E-state index contributed by atoms with van der Waals surface area (Å²) in [7, 11) is 1.57. The Bertz CT molecular complexity index is 1030. The van der Waals surface area contributed by atoms with Gasteiger partial charge in [-0.2, -0.15) is 0 Å². The molecule has 4 rings (SSSR count). The second-order valence-corrected chi connectivity index (χ2v) is 6.96. The molecular weight excluding hydrogens is 370 g/mol. The first kappa shape index (κ1) is 18.0. The zero-order valence-corrected chi connectivity index (χ0v) is 16.0. The number of amidine groups is 1. The van der Waals surface area contributed by atoms with Gasteiger partial charge in [0.1, 0.15) is 0 Å². The lowest BCUT2D eigenvalue weighted by atomic mass is 10.2. The normalized spacial score (nSPS) is 16.8. The monoisotopic (exact) mass is 387 g/mol. The van der Waals surface area contributed by atoms with Crippen LogP contribution < -0.4 is 9.64 Å². The number of nitrogens with zero attached hydrogens (tertiary/aromatic N) is 3. The number of hydrogen-bond acceptors (Lipinski definition) is 5. The highest BCUT2D eigenvalue weighted by Crippen LogP contribution is 2.37. The number of hydrogen-bond donors (Lipinski definition) is 0. The minimum Gasteiger partial charge on any atom is -0.481 e. The van der Waals surface area contributed by atoms with Gasteiger partial charge < -0.3 is 4.74 Å². The van der Waals surface area contributed by atoms with E-state index in [1.54, 1.807) is 24.3 Å². The Labute approximate surface area is 167 Å².